The summed E-state index contributed by atoms with van der Waals surface area (Å²) in [6, 6.07) is 34.9. The summed E-state index contributed by atoms with van der Waals surface area (Å²) in [6.07, 6.45) is 2.51. The Balaban J connectivity index is 1.62. The van der Waals surface area contributed by atoms with Crippen molar-refractivity contribution in [2.75, 3.05) is 12.0 Å². The molecule has 0 N–H and O–H groups in total. The van der Waals surface area contributed by atoms with Crippen LogP contribution in [-0.4, -0.2) is 12.9 Å². The van der Waals surface area contributed by atoms with Gasteiger partial charge in [-0.25, -0.2) is 0 Å². The standard InChI is InChI=1S/C33H29NO2S/c1-23-9-13-25(14-10-23)21-30-33(27-15-11-24(2)12-16-27)37-32(34(30)28-7-5-4-6-8-28)22-31(35)26-17-19-29(36-3)20-18-26/h4-20,22H,21H2,1-3H3/b32-22-. The van der Waals surface area contributed by atoms with Crippen molar-refractivity contribution in [1.29, 1.82) is 0 Å². The van der Waals surface area contributed by atoms with Crippen LogP contribution in [0.25, 0.3) is 4.91 Å². The van der Waals surface area contributed by atoms with E-state index in [0.29, 0.717) is 5.56 Å². The summed E-state index contributed by atoms with van der Waals surface area (Å²) in [6.45, 7) is 4.20. The third-order valence-electron chi connectivity index (χ3n) is 6.41. The number of carbonyl (C=O) groups is 1. The van der Waals surface area contributed by atoms with Crippen LogP contribution in [0, 0.1) is 13.8 Å². The minimum absolute atomic E-state index is 0.0362. The number of rotatable bonds is 7. The molecule has 0 saturated carbocycles. The van der Waals surface area contributed by atoms with Crippen LogP contribution in [0.4, 0.5) is 5.69 Å². The van der Waals surface area contributed by atoms with E-state index in [1.165, 1.54) is 21.6 Å². The molecule has 5 rings (SSSR count). The Morgan fingerprint density at radius 1 is 0.811 bits per heavy atom. The van der Waals surface area contributed by atoms with Gasteiger partial charge < -0.3 is 9.64 Å². The Hall–Kier alpha value is -4.02. The first-order chi connectivity index (χ1) is 18.0. The lowest BCUT2D eigenvalue weighted by Crippen LogP contribution is -2.19. The van der Waals surface area contributed by atoms with Crippen molar-refractivity contribution < 1.29 is 9.53 Å². The fourth-order valence-electron chi connectivity index (χ4n) is 4.34. The highest BCUT2D eigenvalue weighted by molar-refractivity contribution is 8.12. The molecule has 1 heterocycles. The maximum atomic E-state index is 13.4. The monoisotopic (exact) mass is 503 g/mol. The lowest BCUT2D eigenvalue weighted by Gasteiger charge is -2.24. The van der Waals surface area contributed by atoms with E-state index in [9.17, 15) is 4.79 Å². The lowest BCUT2D eigenvalue weighted by molar-refractivity contribution is 0.104. The molecule has 4 heteroatoms. The molecule has 1 aliphatic rings. The molecule has 0 aliphatic carbocycles. The maximum absolute atomic E-state index is 13.4. The second-order valence-electron chi connectivity index (χ2n) is 9.15. The first-order valence-electron chi connectivity index (χ1n) is 12.3. The van der Waals surface area contributed by atoms with Gasteiger partial charge in [0.05, 0.1) is 12.1 Å². The van der Waals surface area contributed by atoms with Crippen LogP contribution >= 0.6 is 11.8 Å². The van der Waals surface area contributed by atoms with Crippen molar-refractivity contribution in [3.63, 3.8) is 0 Å². The molecule has 4 aromatic carbocycles. The molecule has 37 heavy (non-hydrogen) atoms. The summed E-state index contributed by atoms with van der Waals surface area (Å²) in [5, 5.41) is 0.893. The molecule has 0 spiro atoms. The van der Waals surface area contributed by atoms with Gasteiger partial charge in [-0.05, 0) is 61.4 Å². The van der Waals surface area contributed by atoms with E-state index in [0.717, 1.165) is 34.1 Å². The van der Waals surface area contributed by atoms with Gasteiger partial charge in [-0.2, -0.15) is 0 Å². The predicted molar refractivity (Wildman–Crippen MR) is 155 cm³/mol. The molecule has 1 aliphatic heterocycles. The summed E-state index contributed by atoms with van der Waals surface area (Å²) in [5.41, 5.74) is 7.67. The quantitative estimate of drug-likeness (QED) is 0.188. The average Bonchev–Trinajstić information content (AvgIpc) is 3.28. The highest BCUT2D eigenvalue weighted by Gasteiger charge is 2.31. The van der Waals surface area contributed by atoms with Gasteiger partial charge in [0.25, 0.3) is 0 Å². The van der Waals surface area contributed by atoms with Gasteiger partial charge in [0, 0.05) is 34.3 Å². The average molecular weight is 504 g/mol. The number of anilines is 1. The number of thioether (sulfide) groups is 1. The molecule has 0 amide bonds. The number of ether oxygens (including phenoxy) is 1. The molecule has 0 saturated heterocycles. The SMILES string of the molecule is COc1ccc(C(=O)/C=C2\SC(c3ccc(C)cc3)=C(Cc3ccc(C)cc3)N2c2ccccc2)cc1. The largest absolute Gasteiger partial charge is 0.497 e. The number of hydrogen-bond acceptors (Lipinski definition) is 4. The van der Waals surface area contributed by atoms with Crippen molar-refractivity contribution in [1.82, 2.24) is 0 Å². The van der Waals surface area contributed by atoms with Crippen LogP contribution in [0.2, 0.25) is 0 Å². The molecule has 3 nitrogen and oxygen atoms in total. The van der Waals surface area contributed by atoms with E-state index in [1.54, 1.807) is 24.9 Å². The van der Waals surface area contributed by atoms with E-state index in [-0.39, 0.29) is 5.78 Å². The fourth-order valence-corrected chi connectivity index (χ4v) is 5.55. The van der Waals surface area contributed by atoms with Gasteiger partial charge >= 0.3 is 0 Å². The Bertz CT molecular complexity index is 1450. The van der Waals surface area contributed by atoms with Crippen molar-refractivity contribution in [3.8, 4) is 5.75 Å². The third kappa shape index (κ3) is 5.55. The topological polar surface area (TPSA) is 29.5 Å². The Morgan fingerprint density at radius 2 is 1.43 bits per heavy atom. The second-order valence-corrected chi connectivity index (χ2v) is 10.2. The number of ketones is 1. The lowest BCUT2D eigenvalue weighted by atomic mass is 10.0. The van der Waals surface area contributed by atoms with Gasteiger partial charge in [0.15, 0.2) is 5.78 Å². The molecule has 0 bridgehead atoms. The highest BCUT2D eigenvalue weighted by atomic mass is 32.2. The predicted octanol–water partition coefficient (Wildman–Crippen LogP) is 8.20. The van der Waals surface area contributed by atoms with Gasteiger partial charge in [0.2, 0.25) is 0 Å². The number of allylic oxidation sites excluding steroid dienone is 2. The van der Waals surface area contributed by atoms with Crippen molar-refractivity contribution in [3.05, 3.63) is 148 Å². The van der Waals surface area contributed by atoms with Gasteiger partial charge in [-0.1, -0.05) is 89.6 Å². The van der Waals surface area contributed by atoms with Crippen LogP contribution in [0.3, 0.4) is 0 Å². The highest BCUT2D eigenvalue weighted by Crippen LogP contribution is 2.49. The molecule has 0 unspecified atom stereocenters. The second kappa shape index (κ2) is 10.9. The molecule has 0 radical (unpaired) electrons. The van der Waals surface area contributed by atoms with Crippen molar-refractivity contribution >= 4 is 28.1 Å². The summed E-state index contributed by atoms with van der Waals surface area (Å²) < 4.78 is 5.26. The summed E-state index contributed by atoms with van der Waals surface area (Å²) in [4.78, 5) is 16.8. The number of para-hydroxylation sites is 1. The number of carbonyl (C=O) groups excluding carboxylic acids is 1. The zero-order chi connectivity index (χ0) is 25.8. The van der Waals surface area contributed by atoms with E-state index in [1.807, 2.05) is 42.5 Å². The van der Waals surface area contributed by atoms with E-state index < -0.39 is 0 Å². The fraction of sp³-hybridized carbons (Fsp3) is 0.121. The molecule has 0 aromatic heterocycles. The van der Waals surface area contributed by atoms with Gasteiger partial charge in [-0.3, -0.25) is 4.79 Å². The number of methoxy groups -OCH3 is 1. The van der Waals surface area contributed by atoms with E-state index in [4.69, 9.17) is 4.74 Å². The Kier molecular flexibility index (Phi) is 7.29. The molecular weight excluding hydrogens is 474 g/mol. The minimum Gasteiger partial charge on any atom is -0.497 e. The Morgan fingerprint density at radius 3 is 2.05 bits per heavy atom. The Labute approximate surface area is 223 Å². The normalized spacial score (nSPS) is 14.4. The first kappa shape index (κ1) is 24.7. The van der Waals surface area contributed by atoms with Crippen LogP contribution in [0.15, 0.2) is 120 Å². The van der Waals surface area contributed by atoms with Gasteiger partial charge in [-0.15, -0.1) is 0 Å². The zero-order valence-electron chi connectivity index (χ0n) is 21.3. The molecule has 0 atom stereocenters. The zero-order valence-corrected chi connectivity index (χ0v) is 22.1. The molecule has 0 fully saturated rings. The summed E-state index contributed by atoms with van der Waals surface area (Å²) in [5.74, 6) is 0.694. The number of benzene rings is 4. The van der Waals surface area contributed by atoms with E-state index in [2.05, 4.69) is 79.4 Å². The van der Waals surface area contributed by atoms with Crippen LogP contribution in [0.1, 0.15) is 32.6 Å². The molecule has 184 valence electrons. The molecule has 4 aromatic rings. The summed E-state index contributed by atoms with van der Waals surface area (Å²) in [7, 11) is 1.62. The molecular formula is C33H29NO2S. The smallest absolute Gasteiger partial charge is 0.188 e. The van der Waals surface area contributed by atoms with Crippen LogP contribution in [-0.2, 0) is 6.42 Å². The summed E-state index contributed by atoms with van der Waals surface area (Å²) >= 11 is 1.65. The van der Waals surface area contributed by atoms with E-state index >= 15 is 0 Å². The number of hydrogen-bond donors (Lipinski definition) is 0. The van der Waals surface area contributed by atoms with Crippen LogP contribution in [0.5, 0.6) is 5.75 Å². The van der Waals surface area contributed by atoms with Gasteiger partial charge in [0.1, 0.15) is 5.75 Å². The van der Waals surface area contributed by atoms with Crippen molar-refractivity contribution in [2.45, 2.75) is 20.3 Å². The number of aryl methyl sites for hydroxylation is 2. The first-order valence-corrected chi connectivity index (χ1v) is 13.1. The van der Waals surface area contributed by atoms with Crippen LogP contribution < -0.4 is 9.64 Å². The maximum Gasteiger partial charge on any atom is 0.188 e. The van der Waals surface area contributed by atoms with Crippen molar-refractivity contribution in [2.24, 2.45) is 0 Å². The minimum atomic E-state index is -0.0362. The number of nitrogens with zero attached hydrogens (tertiary/aromatic N) is 1. The third-order valence-corrected chi connectivity index (χ3v) is 7.59.